The molecule has 0 saturated carbocycles. The van der Waals surface area contributed by atoms with E-state index in [-0.39, 0.29) is 17.2 Å². The van der Waals surface area contributed by atoms with E-state index in [1.165, 1.54) is 0 Å². The summed E-state index contributed by atoms with van der Waals surface area (Å²) >= 11 is 0. The highest BCUT2D eigenvalue weighted by Crippen LogP contribution is 2.33. The summed E-state index contributed by atoms with van der Waals surface area (Å²) in [6.45, 7) is 6.04. The van der Waals surface area contributed by atoms with Crippen molar-refractivity contribution in [3.8, 4) is 51.5 Å². The van der Waals surface area contributed by atoms with Crippen LogP contribution >= 0.6 is 0 Å². The Balaban J connectivity index is 0.000000125. The molecule has 5 N–H and O–H groups in total. The lowest BCUT2D eigenvalue weighted by atomic mass is 10.1. The minimum Gasteiger partial charge on any atom is -0.507 e. The van der Waals surface area contributed by atoms with Crippen molar-refractivity contribution in [2.45, 2.75) is 13.8 Å². The first-order valence-corrected chi connectivity index (χ1v) is 17.3. The zero-order valence-electron chi connectivity index (χ0n) is 29.2. The van der Waals surface area contributed by atoms with Gasteiger partial charge in [0.25, 0.3) is 0 Å². The van der Waals surface area contributed by atoms with Crippen molar-refractivity contribution in [1.82, 2.24) is 24.9 Å². The smallest absolute Gasteiger partial charge is 0.231 e. The summed E-state index contributed by atoms with van der Waals surface area (Å²) in [5, 5.41) is 29.7. The van der Waals surface area contributed by atoms with Gasteiger partial charge in [0.05, 0.1) is 38.8 Å². The van der Waals surface area contributed by atoms with E-state index in [1.54, 1.807) is 36.4 Å². The molecule has 10 nitrogen and oxygen atoms in total. The molecular formula is C43H38N6O4. The zero-order chi connectivity index (χ0) is 36.7. The molecule has 0 aliphatic carbocycles. The van der Waals surface area contributed by atoms with E-state index in [2.05, 4.69) is 43.7 Å². The normalized spacial score (nSPS) is 10.8. The lowest BCUT2D eigenvalue weighted by molar-refractivity contribution is 0.474. The van der Waals surface area contributed by atoms with Crippen LogP contribution in [0.15, 0.2) is 144 Å². The zero-order valence-corrected chi connectivity index (χ0v) is 29.2. The largest absolute Gasteiger partial charge is 0.507 e. The van der Waals surface area contributed by atoms with Gasteiger partial charge in [-0.25, -0.2) is 15.0 Å². The van der Waals surface area contributed by atoms with Crippen molar-refractivity contribution in [3.05, 3.63) is 140 Å². The van der Waals surface area contributed by atoms with Crippen LogP contribution in [-0.4, -0.2) is 53.3 Å². The highest BCUT2D eigenvalue weighted by molar-refractivity contribution is 5.82. The maximum atomic E-state index is 10.3. The fourth-order valence-electron chi connectivity index (χ4n) is 5.98. The number of aromatic nitrogens is 5. The summed E-state index contributed by atoms with van der Waals surface area (Å²) in [7, 11) is 0. The van der Waals surface area contributed by atoms with Gasteiger partial charge in [-0.3, -0.25) is 0 Å². The number of rotatable bonds is 6. The fraction of sp³-hybridized carbons (Fsp3) is 0.0930. The molecule has 9 aromatic rings. The number of benzene rings is 6. The van der Waals surface area contributed by atoms with Crippen molar-refractivity contribution in [2.75, 3.05) is 18.0 Å². The molecule has 6 aromatic carbocycles. The molecule has 10 heteroatoms. The van der Waals surface area contributed by atoms with Crippen molar-refractivity contribution in [2.24, 2.45) is 0 Å². The highest BCUT2D eigenvalue weighted by atomic mass is 16.3. The van der Waals surface area contributed by atoms with Crippen molar-refractivity contribution in [1.29, 1.82) is 0 Å². The van der Waals surface area contributed by atoms with E-state index in [0.717, 1.165) is 63.1 Å². The number of phenols is 3. The Kier molecular flexibility index (Phi) is 10.0. The summed E-state index contributed by atoms with van der Waals surface area (Å²) < 4.78 is 5.56. The summed E-state index contributed by atoms with van der Waals surface area (Å²) in [5.41, 5.74) is 8.35. The quantitative estimate of drug-likeness (QED) is 0.115. The van der Waals surface area contributed by atoms with Gasteiger partial charge < -0.3 is 34.6 Å². The van der Waals surface area contributed by atoms with Crippen LogP contribution in [0.2, 0.25) is 0 Å². The second-order valence-corrected chi connectivity index (χ2v) is 12.1. The van der Waals surface area contributed by atoms with Crippen LogP contribution in [0, 0.1) is 0 Å². The number of oxazole rings is 1. The van der Waals surface area contributed by atoms with Crippen LogP contribution < -0.4 is 4.90 Å². The minimum atomic E-state index is 0.175. The number of hydrogen-bond donors (Lipinski definition) is 5. The van der Waals surface area contributed by atoms with Gasteiger partial charge in [0, 0.05) is 24.8 Å². The van der Waals surface area contributed by atoms with Gasteiger partial charge in [0.1, 0.15) is 34.4 Å². The van der Waals surface area contributed by atoms with Crippen molar-refractivity contribution >= 4 is 38.9 Å². The molecule has 3 aromatic heterocycles. The summed E-state index contributed by atoms with van der Waals surface area (Å²) in [6.07, 6.45) is 0. The van der Waals surface area contributed by atoms with E-state index in [9.17, 15) is 15.3 Å². The number of anilines is 1. The van der Waals surface area contributed by atoms with Crippen LogP contribution in [0.1, 0.15) is 13.8 Å². The standard InChI is InChI=1S/C17H19N3O.C13H10N2O.C13H9NO2/c1-3-20(4-2)12-9-10-13(16(21)11-12)17-18-14-7-5-6-8-15(14)19-17;16-12-8-4-1-5-9(12)13-14-10-6-2-3-7-11(10)15-13;15-11-7-3-1-5-9(11)13-14-10-6-2-4-8-12(10)16-13/h5-11,21H,3-4H2,1-2H3,(H,18,19);1-8,16H,(H,14,15);1-8,15H. The Morgan fingerprint density at radius 3 is 1.53 bits per heavy atom. The molecule has 0 radical (unpaired) electrons. The molecule has 0 aliphatic heterocycles. The highest BCUT2D eigenvalue weighted by Gasteiger charge is 2.13. The van der Waals surface area contributed by atoms with Crippen LogP contribution in [0.5, 0.6) is 17.2 Å². The van der Waals surface area contributed by atoms with Crippen LogP contribution in [0.3, 0.4) is 0 Å². The second kappa shape index (κ2) is 15.4. The Morgan fingerprint density at radius 1 is 0.509 bits per heavy atom. The van der Waals surface area contributed by atoms with Crippen LogP contribution in [0.4, 0.5) is 5.69 Å². The maximum Gasteiger partial charge on any atom is 0.231 e. The first-order chi connectivity index (χ1) is 25.9. The van der Waals surface area contributed by atoms with E-state index in [0.29, 0.717) is 23.1 Å². The third-order valence-corrected chi connectivity index (χ3v) is 8.73. The van der Waals surface area contributed by atoms with E-state index >= 15 is 0 Å². The number of fused-ring (bicyclic) bond motifs is 3. The van der Waals surface area contributed by atoms with Gasteiger partial charge in [-0.1, -0.05) is 60.7 Å². The SMILES string of the molecule is CCN(CC)c1ccc(-c2nc3ccccc3[nH]2)c(O)c1.Oc1ccccc1-c1nc2ccccc2[nH]1.Oc1ccccc1-c1nc2ccccc2o1. The Bertz CT molecular complexity index is 2410. The molecular weight excluding hydrogens is 665 g/mol. The van der Waals surface area contributed by atoms with Gasteiger partial charge in [-0.05, 0) is 86.6 Å². The number of nitrogens with zero attached hydrogens (tertiary/aromatic N) is 4. The molecule has 264 valence electrons. The Morgan fingerprint density at radius 2 is 1.00 bits per heavy atom. The van der Waals surface area contributed by atoms with Gasteiger partial charge in [-0.2, -0.15) is 0 Å². The number of H-pyrrole nitrogens is 2. The van der Waals surface area contributed by atoms with Crippen LogP contribution in [-0.2, 0) is 0 Å². The van der Waals surface area contributed by atoms with E-state index < -0.39 is 0 Å². The summed E-state index contributed by atoms with van der Waals surface area (Å²) in [6, 6.07) is 43.1. The first kappa shape index (κ1) is 34.4. The first-order valence-electron chi connectivity index (χ1n) is 17.3. The lowest BCUT2D eigenvalue weighted by Gasteiger charge is -2.21. The Hall–Kier alpha value is -7.07. The molecule has 9 rings (SSSR count). The molecule has 0 aliphatic rings. The molecule has 0 amide bonds. The third kappa shape index (κ3) is 7.52. The average molecular weight is 703 g/mol. The molecule has 0 atom stereocenters. The number of aromatic hydroxyl groups is 3. The summed E-state index contributed by atoms with van der Waals surface area (Å²) in [4.78, 5) is 21.9. The predicted molar refractivity (Wildman–Crippen MR) is 211 cm³/mol. The molecule has 0 unspecified atom stereocenters. The molecule has 0 bridgehead atoms. The third-order valence-electron chi connectivity index (χ3n) is 8.73. The predicted octanol–water partition coefficient (Wildman–Crippen LogP) is 9.92. The van der Waals surface area contributed by atoms with Crippen LogP contribution in [0.25, 0.3) is 67.4 Å². The van der Waals surface area contributed by atoms with Gasteiger partial charge >= 0.3 is 0 Å². The monoisotopic (exact) mass is 702 g/mol. The number of hydrogen-bond acceptors (Lipinski definition) is 8. The number of aromatic amines is 2. The molecule has 0 saturated heterocycles. The van der Waals surface area contributed by atoms with Gasteiger partial charge in [0.15, 0.2) is 5.58 Å². The average Bonchev–Trinajstić information content (AvgIpc) is 3.93. The molecule has 3 heterocycles. The number of imidazole rings is 2. The maximum absolute atomic E-state index is 10.3. The fourth-order valence-corrected chi connectivity index (χ4v) is 5.98. The Labute approximate surface area is 305 Å². The molecule has 0 fully saturated rings. The van der Waals surface area contributed by atoms with Gasteiger partial charge in [-0.15, -0.1) is 0 Å². The van der Waals surface area contributed by atoms with E-state index in [1.807, 2.05) is 103 Å². The van der Waals surface area contributed by atoms with E-state index in [4.69, 9.17) is 4.42 Å². The van der Waals surface area contributed by atoms with Gasteiger partial charge in [0.2, 0.25) is 5.89 Å². The summed E-state index contributed by atoms with van der Waals surface area (Å²) in [5.74, 6) is 2.49. The topological polar surface area (TPSA) is 147 Å². The molecule has 0 spiro atoms. The molecule has 53 heavy (non-hydrogen) atoms. The van der Waals surface area contributed by atoms with Crippen molar-refractivity contribution in [3.63, 3.8) is 0 Å². The second-order valence-electron chi connectivity index (χ2n) is 12.1. The van der Waals surface area contributed by atoms with Crippen molar-refractivity contribution < 1.29 is 19.7 Å². The minimum absolute atomic E-state index is 0.175. The number of para-hydroxylation sites is 8. The lowest BCUT2D eigenvalue weighted by Crippen LogP contribution is -2.21. The number of nitrogens with one attached hydrogen (secondary N) is 2. The number of phenolic OH excluding ortho intramolecular Hbond substituents is 3.